The Bertz CT molecular complexity index is 957. The summed E-state index contributed by atoms with van der Waals surface area (Å²) in [6.45, 7) is 10.2. The van der Waals surface area contributed by atoms with E-state index < -0.39 is 0 Å². The number of aryl methyl sites for hydroxylation is 3. The predicted molar refractivity (Wildman–Crippen MR) is 115 cm³/mol. The Labute approximate surface area is 167 Å². The van der Waals surface area contributed by atoms with E-state index in [1.165, 1.54) is 11.1 Å². The van der Waals surface area contributed by atoms with Gasteiger partial charge in [-0.3, -0.25) is 5.10 Å². The smallest absolute Gasteiger partial charge is 0.164 e. The summed E-state index contributed by atoms with van der Waals surface area (Å²) in [4.78, 5) is 14.5. The van der Waals surface area contributed by atoms with Crippen LogP contribution in [-0.2, 0) is 0 Å². The highest BCUT2D eigenvalue weighted by Crippen LogP contribution is 2.29. The van der Waals surface area contributed by atoms with E-state index in [0.717, 1.165) is 60.7 Å². The topological polar surface area (TPSA) is 73.0 Å². The van der Waals surface area contributed by atoms with Gasteiger partial charge in [0.15, 0.2) is 11.6 Å². The van der Waals surface area contributed by atoms with E-state index in [9.17, 15) is 0 Å². The van der Waals surface area contributed by atoms with Crippen molar-refractivity contribution in [2.24, 2.45) is 0 Å². The molecule has 2 N–H and O–H groups in total. The molecule has 0 atom stereocenters. The van der Waals surface area contributed by atoms with Crippen molar-refractivity contribution in [3.05, 3.63) is 47.2 Å². The summed E-state index contributed by atoms with van der Waals surface area (Å²) >= 11 is 0. The van der Waals surface area contributed by atoms with Gasteiger partial charge in [-0.25, -0.2) is 9.97 Å². The maximum Gasteiger partial charge on any atom is 0.164 e. The van der Waals surface area contributed by atoms with Crippen molar-refractivity contribution >= 4 is 17.5 Å². The maximum absolute atomic E-state index is 4.95. The van der Waals surface area contributed by atoms with Crippen LogP contribution in [0, 0.1) is 20.8 Å². The Balaban J connectivity index is 0.00000240. The van der Waals surface area contributed by atoms with Crippen LogP contribution in [0.5, 0.6) is 0 Å². The van der Waals surface area contributed by atoms with E-state index in [1.807, 2.05) is 19.1 Å². The Morgan fingerprint density at radius 1 is 0.964 bits per heavy atom. The number of anilines is 3. The summed E-state index contributed by atoms with van der Waals surface area (Å²) in [5.41, 5.74) is 4.46. The first kappa shape index (κ1) is 18.4. The van der Waals surface area contributed by atoms with Gasteiger partial charge in [-0.05, 0) is 38.9 Å². The van der Waals surface area contributed by atoms with Crippen LogP contribution in [0.4, 0.5) is 17.5 Å². The molecule has 2 aromatic heterocycles. The number of rotatable bonds is 4. The first-order chi connectivity index (χ1) is 13.5. The molecule has 0 amide bonds. The highest BCUT2D eigenvalue weighted by Gasteiger charge is 2.19. The lowest BCUT2D eigenvalue weighted by atomic mass is 10.0. The molecule has 0 unspecified atom stereocenters. The molecule has 7 nitrogen and oxygen atoms in total. The average Bonchev–Trinajstić information content (AvgIpc) is 3.07. The number of nitrogens with zero attached hydrogens (tertiary/aromatic N) is 5. The molecule has 1 aliphatic heterocycles. The molecular formula is C21H29N7. The number of hydrogen-bond donors (Lipinski definition) is 2. The van der Waals surface area contributed by atoms with Crippen molar-refractivity contribution in [2.45, 2.75) is 20.8 Å². The van der Waals surface area contributed by atoms with Gasteiger partial charge in [-0.15, -0.1) is 0 Å². The molecule has 1 aromatic carbocycles. The number of piperazine rings is 1. The van der Waals surface area contributed by atoms with Gasteiger partial charge in [-0.1, -0.05) is 18.2 Å². The second-order valence-corrected chi connectivity index (χ2v) is 7.55. The lowest BCUT2D eigenvalue weighted by molar-refractivity contribution is 0.312. The molecule has 0 aliphatic carbocycles. The van der Waals surface area contributed by atoms with E-state index in [0.29, 0.717) is 0 Å². The number of aromatic nitrogens is 4. The molecule has 1 fully saturated rings. The largest absolute Gasteiger partial charge is 0.354 e. The molecule has 0 bridgehead atoms. The number of nitrogens with one attached hydrogen (secondary N) is 2. The van der Waals surface area contributed by atoms with Crippen molar-refractivity contribution in [1.82, 2.24) is 25.1 Å². The molecule has 7 heteroatoms. The molecular weight excluding hydrogens is 350 g/mol. The van der Waals surface area contributed by atoms with Gasteiger partial charge in [0.1, 0.15) is 11.6 Å². The van der Waals surface area contributed by atoms with Crippen molar-refractivity contribution in [3.63, 3.8) is 0 Å². The summed E-state index contributed by atoms with van der Waals surface area (Å²) in [5, 5.41) is 10.6. The summed E-state index contributed by atoms with van der Waals surface area (Å²) < 4.78 is 0. The molecule has 1 saturated heterocycles. The molecule has 3 heterocycles. The lowest BCUT2D eigenvalue weighted by Gasteiger charge is -2.33. The van der Waals surface area contributed by atoms with Crippen molar-refractivity contribution in [3.8, 4) is 11.4 Å². The minimum absolute atomic E-state index is 0. The third-order valence-electron chi connectivity index (χ3n) is 5.21. The van der Waals surface area contributed by atoms with Crippen LogP contribution < -0.4 is 10.2 Å². The highest BCUT2D eigenvalue weighted by molar-refractivity contribution is 5.69. The van der Waals surface area contributed by atoms with E-state index in [1.54, 1.807) is 0 Å². The maximum atomic E-state index is 4.95. The first-order valence-electron chi connectivity index (χ1n) is 9.68. The van der Waals surface area contributed by atoms with Crippen LogP contribution in [0.25, 0.3) is 11.4 Å². The van der Waals surface area contributed by atoms with E-state index >= 15 is 0 Å². The highest BCUT2D eigenvalue weighted by atomic mass is 15.3. The quantitative estimate of drug-likeness (QED) is 0.722. The van der Waals surface area contributed by atoms with Gasteiger partial charge >= 0.3 is 0 Å². The molecule has 4 rings (SSSR count). The van der Waals surface area contributed by atoms with Crippen LogP contribution in [0.15, 0.2) is 30.3 Å². The van der Waals surface area contributed by atoms with Gasteiger partial charge in [0.05, 0.1) is 0 Å². The van der Waals surface area contributed by atoms with Gasteiger partial charge in [0.25, 0.3) is 0 Å². The van der Waals surface area contributed by atoms with Crippen LogP contribution in [0.1, 0.15) is 18.2 Å². The second-order valence-electron chi connectivity index (χ2n) is 7.55. The number of H-pyrrole nitrogens is 1. The predicted octanol–water partition coefficient (Wildman–Crippen LogP) is 3.53. The molecule has 0 spiro atoms. The Morgan fingerprint density at radius 2 is 1.68 bits per heavy atom. The van der Waals surface area contributed by atoms with Crippen LogP contribution >= 0.6 is 0 Å². The third kappa shape index (κ3) is 3.84. The lowest BCUT2D eigenvalue weighted by Crippen LogP contribution is -2.44. The van der Waals surface area contributed by atoms with E-state index in [2.05, 4.69) is 64.4 Å². The van der Waals surface area contributed by atoms with Crippen LogP contribution in [0.3, 0.4) is 0 Å². The van der Waals surface area contributed by atoms with Gasteiger partial charge in [-0.2, -0.15) is 5.10 Å². The van der Waals surface area contributed by atoms with Crippen molar-refractivity contribution in [2.75, 3.05) is 43.4 Å². The third-order valence-corrected chi connectivity index (χ3v) is 5.21. The standard InChI is InChI=1S/C21H27N7.H2/c1-14-6-5-7-15(2)20(14)21-23-17(22-18-12-16(3)25-26-18)13-19(24-21)28-10-8-27(4)9-11-28;/h5-7,12-13H,8-11H2,1-4H3,(H2,22,23,24,25,26);1H. The zero-order valence-electron chi connectivity index (χ0n) is 17.0. The van der Waals surface area contributed by atoms with Crippen molar-refractivity contribution < 1.29 is 1.43 Å². The van der Waals surface area contributed by atoms with Gasteiger partial charge in [0.2, 0.25) is 0 Å². The summed E-state index contributed by atoms with van der Waals surface area (Å²) in [5.74, 6) is 3.22. The zero-order valence-corrected chi connectivity index (χ0v) is 17.0. The molecule has 3 aromatic rings. The fourth-order valence-electron chi connectivity index (χ4n) is 3.59. The van der Waals surface area contributed by atoms with Crippen LogP contribution in [0.2, 0.25) is 0 Å². The van der Waals surface area contributed by atoms with Crippen molar-refractivity contribution in [1.29, 1.82) is 0 Å². The Morgan fingerprint density at radius 3 is 2.32 bits per heavy atom. The monoisotopic (exact) mass is 379 g/mol. The summed E-state index contributed by atoms with van der Waals surface area (Å²) in [6.07, 6.45) is 0. The summed E-state index contributed by atoms with van der Waals surface area (Å²) in [6, 6.07) is 10.3. The van der Waals surface area contributed by atoms with E-state index in [4.69, 9.17) is 9.97 Å². The average molecular weight is 380 g/mol. The minimum atomic E-state index is 0. The zero-order chi connectivity index (χ0) is 19.7. The molecule has 0 saturated carbocycles. The number of benzene rings is 1. The number of aromatic amines is 1. The Hall–Kier alpha value is -2.93. The summed E-state index contributed by atoms with van der Waals surface area (Å²) in [7, 11) is 2.16. The molecule has 148 valence electrons. The fourth-order valence-corrected chi connectivity index (χ4v) is 3.59. The number of hydrogen-bond acceptors (Lipinski definition) is 6. The Kier molecular flexibility index (Phi) is 5.00. The van der Waals surface area contributed by atoms with E-state index in [-0.39, 0.29) is 1.43 Å². The molecule has 28 heavy (non-hydrogen) atoms. The second kappa shape index (κ2) is 7.59. The van der Waals surface area contributed by atoms with Gasteiger partial charge < -0.3 is 15.1 Å². The first-order valence-corrected chi connectivity index (χ1v) is 9.68. The number of likely N-dealkylation sites (N-methyl/N-ethyl adjacent to an activating group) is 1. The normalized spacial score (nSPS) is 15.1. The SMILES string of the molecule is Cc1cc(Nc2cc(N3CCN(C)CC3)nc(-c3c(C)cccc3C)n2)n[nH]1.[HH]. The fraction of sp³-hybridized carbons (Fsp3) is 0.381. The molecule has 0 radical (unpaired) electrons. The van der Waals surface area contributed by atoms with Crippen LogP contribution in [-0.4, -0.2) is 58.3 Å². The molecule has 1 aliphatic rings. The minimum Gasteiger partial charge on any atom is -0.354 e. The van der Waals surface area contributed by atoms with Gasteiger partial charge in [0, 0.05) is 51.0 Å².